The number of piperazine rings is 1. The van der Waals surface area contributed by atoms with Crippen LogP contribution in [0.15, 0.2) is 24.3 Å². The number of carbonyl (C=O) groups excluding carboxylic acids is 1. The molecule has 5 nitrogen and oxygen atoms in total. The largest absolute Gasteiger partial charge is 0.367 e. The van der Waals surface area contributed by atoms with E-state index >= 15 is 0 Å². The minimum absolute atomic E-state index is 0.0388. The molecule has 1 heterocycles. The van der Waals surface area contributed by atoms with Crippen molar-refractivity contribution in [3.63, 3.8) is 0 Å². The Hall–Kier alpha value is -1.59. The highest BCUT2D eigenvalue weighted by Gasteiger charge is 2.18. The lowest BCUT2D eigenvalue weighted by atomic mass is 10.1. The lowest BCUT2D eigenvalue weighted by Crippen LogP contribution is -2.46. The van der Waals surface area contributed by atoms with Crippen molar-refractivity contribution in [2.75, 3.05) is 42.9 Å². The highest BCUT2D eigenvalue weighted by atomic mass is 16.1. The average molecular weight is 304 g/mol. The number of nitrogens with two attached hydrogens (primary N) is 1. The molecule has 0 saturated carbocycles. The number of rotatable bonds is 6. The molecule has 1 amide bonds. The number of nitrogens with one attached hydrogen (secondary N) is 1. The summed E-state index contributed by atoms with van der Waals surface area (Å²) >= 11 is 0. The molecule has 0 aliphatic carbocycles. The summed E-state index contributed by atoms with van der Waals surface area (Å²) in [5, 5.41) is 3.04. The van der Waals surface area contributed by atoms with Crippen molar-refractivity contribution in [2.45, 2.75) is 32.7 Å². The predicted molar refractivity (Wildman–Crippen MR) is 92.3 cm³/mol. The van der Waals surface area contributed by atoms with Crippen LogP contribution in [0.5, 0.6) is 0 Å². The van der Waals surface area contributed by atoms with Crippen molar-refractivity contribution >= 4 is 17.3 Å². The van der Waals surface area contributed by atoms with Crippen molar-refractivity contribution in [1.82, 2.24) is 4.90 Å². The van der Waals surface area contributed by atoms with E-state index in [1.54, 1.807) is 0 Å². The molecule has 3 N–H and O–H groups in total. The quantitative estimate of drug-likeness (QED) is 0.842. The second kappa shape index (κ2) is 8.15. The normalized spacial score (nSPS) is 17.3. The summed E-state index contributed by atoms with van der Waals surface area (Å²) in [4.78, 5) is 16.9. The summed E-state index contributed by atoms with van der Waals surface area (Å²) < 4.78 is 0. The van der Waals surface area contributed by atoms with Crippen molar-refractivity contribution in [2.24, 2.45) is 5.73 Å². The van der Waals surface area contributed by atoms with Crippen LogP contribution in [0.25, 0.3) is 0 Å². The molecule has 1 aromatic carbocycles. The molecule has 22 heavy (non-hydrogen) atoms. The molecule has 2 rings (SSSR count). The molecule has 5 heteroatoms. The molecular weight excluding hydrogens is 276 g/mol. The second-order valence-corrected chi connectivity index (χ2v) is 6.00. The molecule has 1 aromatic rings. The molecular formula is C17H28N4O. The Morgan fingerprint density at radius 1 is 1.27 bits per heavy atom. The van der Waals surface area contributed by atoms with Crippen LogP contribution in [-0.2, 0) is 4.79 Å². The molecule has 1 unspecified atom stereocenters. The number of anilines is 2. The molecule has 0 radical (unpaired) electrons. The van der Waals surface area contributed by atoms with Gasteiger partial charge in [-0.05, 0) is 32.0 Å². The zero-order chi connectivity index (χ0) is 15.9. The van der Waals surface area contributed by atoms with Crippen molar-refractivity contribution in [1.29, 1.82) is 0 Å². The van der Waals surface area contributed by atoms with Crippen LogP contribution < -0.4 is 16.0 Å². The lowest BCUT2D eigenvalue weighted by Gasteiger charge is -2.36. The molecule has 1 atom stereocenters. The fourth-order valence-corrected chi connectivity index (χ4v) is 2.73. The number of para-hydroxylation sites is 2. The summed E-state index contributed by atoms with van der Waals surface area (Å²) in [6.07, 6.45) is 1.18. The van der Waals surface area contributed by atoms with Crippen molar-refractivity contribution < 1.29 is 4.79 Å². The standard InChI is InChI=1S/C17H28N4O/c1-3-20-10-12-21(13-11-20)16-7-5-4-6-15(16)19-17(22)9-8-14(2)18/h4-7,14H,3,8-13,18H2,1-2H3,(H,19,22). The third-order valence-corrected chi connectivity index (χ3v) is 4.17. The Kier molecular flexibility index (Phi) is 6.21. The van der Waals surface area contributed by atoms with E-state index in [-0.39, 0.29) is 11.9 Å². The van der Waals surface area contributed by atoms with Gasteiger partial charge in [0, 0.05) is 38.6 Å². The number of hydrogen-bond donors (Lipinski definition) is 2. The zero-order valence-corrected chi connectivity index (χ0v) is 13.7. The van der Waals surface area contributed by atoms with Gasteiger partial charge in [-0.2, -0.15) is 0 Å². The molecule has 0 aromatic heterocycles. The van der Waals surface area contributed by atoms with Crippen molar-refractivity contribution in [3.05, 3.63) is 24.3 Å². The van der Waals surface area contributed by atoms with Gasteiger partial charge < -0.3 is 20.9 Å². The SMILES string of the molecule is CCN1CCN(c2ccccc2NC(=O)CCC(C)N)CC1. The number of likely N-dealkylation sites (N-methyl/N-ethyl adjacent to an activating group) is 1. The van der Waals surface area contributed by atoms with E-state index in [1.807, 2.05) is 25.1 Å². The van der Waals surface area contributed by atoms with Gasteiger partial charge in [0.05, 0.1) is 11.4 Å². The molecule has 0 spiro atoms. The molecule has 1 saturated heterocycles. The Morgan fingerprint density at radius 3 is 2.59 bits per heavy atom. The number of carbonyl (C=O) groups is 1. The van der Waals surface area contributed by atoms with E-state index in [2.05, 4.69) is 28.1 Å². The third kappa shape index (κ3) is 4.71. The van der Waals surface area contributed by atoms with Gasteiger partial charge >= 0.3 is 0 Å². The number of benzene rings is 1. The predicted octanol–water partition coefficient (Wildman–Crippen LogP) is 1.89. The summed E-state index contributed by atoms with van der Waals surface area (Å²) in [5.74, 6) is 0.0388. The molecule has 1 aliphatic heterocycles. The molecule has 122 valence electrons. The highest BCUT2D eigenvalue weighted by molar-refractivity contribution is 5.94. The van der Waals surface area contributed by atoms with Crippen LogP contribution in [-0.4, -0.2) is 49.6 Å². The fraction of sp³-hybridized carbons (Fsp3) is 0.588. The van der Waals surface area contributed by atoms with Crippen LogP contribution in [0.4, 0.5) is 11.4 Å². The molecule has 1 fully saturated rings. The van der Waals surface area contributed by atoms with Gasteiger partial charge in [-0.1, -0.05) is 19.1 Å². The Labute approximate surface area is 133 Å². The van der Waals surface area contributed by atoms with Gasteiger partial charge in [-0.25, -0.2) is 0 Å². The van der Waals surface area contributed by atoms with Gasteiger partial charge in [-0.15, -0.1) is 0 Å². The van der Waals surface area contributed by atoms with Crippen LogP contribution in [0.1, 0.15) is 26.7 Å². The van der Waals surface area contributed by atoms with E-state index in [1.165, 1.54) is 0 Å². The topological polar surface area (TPSA) is 61.6 Å². The first-order valence-electron chi connectivity index (χ1n) is 8.22. The van der Waals surface area contributed by atoms with E-state index < -0.39 is 0 Å². The Bertz CT molecular complexity index is 481. The smallest absolute Gasteiger partial charge is 0.224 e. The van der Waals surface area contributed by atoms with Gasteiger partial charge in [0.25, 0.3) is 0 Å². The van der Waals surface area contributed by atoms with Gasteiger partial charge in [-0.3, -0.25) is 4.79 Å². The van der Waals surface area contributed by atoms with Gasteiger partial charge in [0.15, 0.2) is 0 Å². The maximum absolute atomic E-state index is 12.1. The summed E-state index contributed by atoms with van der Waals surface area (Å²) in [6, 6.07) is 8.11. The average Bonchev–Trinajstić information content (AvgIpc) is 2.53. The number of amides is 1. The van der Waals surface area contributed by atoms with Crippen LogP contribution in [0.2, 0.25) is 0 Å². The second-order valence-electron chi connectivity index (χ2n) is 6.00. The van der Waals surface area contributed by atoms with E-state index in [4.69, 9.17) is 5.73 Å². The first-order valence-corrected chi connectivity index (χ1v) is 8.22. The van der Waals surface area contributed by atoms with Crippen LogP contribution in [0.3, 0.4) is 0 Å². The number of nitrogens with zero attached hydrogens (tertiary/aromatic N) is 2. The fourth-order valence-electron chi connectivity index (χ4n) is 2.73. The van der Waals surface area contributed by atoms with E-state index in [9.17, 15) is 4.79 Å². The van der Waals surface area contributed by atoms with Gasteiger partial charge in [0.1, 0.15) is 0 Å². The zero-order valence-electron chi connectivity index (χ0n) is 13.7. The van der Waals surface area contributed by atoms with E-state index in [0.717, 1.165) is 44.1 Å². The molecule has 1 aliphatic rings. The maximum Gasteiger partial charge on any atom is 0.224 e. The van der Waals surface area contributed by atoms with E-state index in [0.29, 0.717) is 12.8 Å². The summed E-state index contributed by atoms with van der Waals surface area (Å²) in [6.45, 7) is 9.37. The number of hydrogen-bond acceptors (Lipinski definition) is 4. The summed E-state index contributed by atoms with van der Waals surface area (Å²) in [5.41, 5.74) is 7.74. The summed E-state index contributed by atoms with van der Waals surface area (Å²) in [7, 11) is 0. The van der Waals surface area contributed by atoms with Crippen LogP contribution >= 0.6 is 0 Å². The monoisotopic (exact) mass is 304 g/mol. The lowest BCUT2D eigenvalue weighted by molar-refractivity contribution is -0.116. The Balaban J connectivity index is 1.99. The minimum Gasteiger partial charge on any atom is -0.367 e. The minimum atomic E-state index is 0.0388. The third-order valence-electron chi connectivity index (χ3n) is 4.17. The van der Waals surface area contributed by atoms with Gasteiger partial charge in [0.2, 0.25) is 5.91 Å². The van der Waals surface area contributed by atoms with Crippen LogP contribution in [0, 0.1) is 0 Å². The molecule has 0 bridgehead atoms. The first kappa shape index (κ1) is 16.8. The Morgan fingerprint density at radius 2 is 1.95 bits per heavy atom. The maximum atomic E-state index is 12.1. The first-order chi connectivity index (χ1) is 10.6. The van der Waals surface area contributed by atoms with Crippen molar-refractivity contribution in [3.8, 4) is 0 Å². The highest BCUT2D eigenvalue weighted by Crippen LogP contribution is 2.26.